The Morgan fingerprint density at radius 2 is 2.05 bits per heavy atom. The number of alkyl halides is 2. The summed E-state index contributed by atoms with van der Waals surface area (Å²) in [7, 11) is 0. The average Bonchev–Trinajstić information content (AvgIpc) is 2.93. The van der Waals surface area contributed by atoms with E-state index in [1.807, 2.05) is 31.2 Å². The van der Waals surface area contributed by atoms with E-state index in [1.165, 1.54) is 24.2 Å². The summed E-state index contributed by atoms with van der Waals surface area (Å²) in [6.07, 6.45) is 2.66. The molecular weight excluding hydrogens is 294 g/mol. The lowest BCUT2D eigenvalue weighted by atomic mass is 10.2. The minimum atomic E-state index is -2.58. The molecule has 0 amide bonds. The third kappa shape index (κ3) is 2.87. The van der Waals surface area contributed by atoms with Gasteiger partial charge in [0.05, 0.1) is 11.3 Å². The Morgan fingerprint density at radius 1 is 1.24 bits per heavy atom. The van der Waals surface area contributed by atoms with Gasteiger partial charge in [0.15, 0.2) is 0 Å². The molecule has 2 aromatic heterocycles. The highest BCUT2D eigenvalue weighted by Gasteiger charge is 2.13. The van der Waals surface area contributed by atoms with Crippen molar-refractivity contribution in [1.82, 2.24) is 19.5 Å². The molecule has 0 unspecified atom stereocenters. The van der Waals surface area contributed by atoms with Crippen LogP contribution in [0.3, 0.4) is 0 Å². The Labute approximate surface area is 124 Å². The van der Waals surface area contributed by atoms with Crippen LogP contribution in [-0.2, 0) is 5.75 Å². The second-order valence-corrected chi connectivity index (χ2v) is 5.37. The van der Waals surface area contributed by atoms with Crippen LogP contribution >= 0.6 is 11.8 Å². The molecule has 0 aliphatic heterocycles. The number of hydrogen-bond donors (Lipinski definition) is 0. The van der Waals surface area contributed by atoms with E-state index in [-0.39, 0.29) is 0 Å². The molecule has 0 atom stereocenters. The lowest BCUT2D eigenvalue weighted by Crippen LogP contribution is -2.02. The van der Waals surface area contributed by atoms with Crippen molar-refractivity contribution >= 4 is 22.7 Å². The maximum atomic E-state index is 12.8. The van der Waals surface area contributed by atoms with Crippen molar-refractivity contribution < 1.29 is 8.78 Å². The number of hydrogen-bond acceptors (Lipinski definition) is 4. The molecule has 0 bridgehead atoms. The second-order valence-electron chi connectivity index (χ2n) is 4.41. The fourth-order valence-electron chi connectivity index (χ4n) is 2.03. The topological polar surface area (TPSA) is 43.6 Å². The molecule has 0 spiro atoms. The van der Waals surface area contributed by atoms with Crippen molar-refractivity contribution in [2.24, 2.45) is 0 Å². The van der Waals surface area contributed by atoms with Gasteiger partial charge in [-0.25, -0.2) is 15.0 Å². The van der Waals surface area contributed by atoms with Crippen LogP contribution in [0.2, 0.25) is 0 Å². The molecule has 3 aromatic rings. The number of imidazole rings is 1. The van der Waals surface area contributed by atoms with Crippen LogP contribution in [0.5, 0.6) is 0 Å². The largest absolute Gasteiger partial charge is 0.319 e. The Kier molecular flexibility index (Phi) is 3.83. The molecule has 1 aromatic carbocycles. The summed E-state index contributed by atoms with van der Waals surface area (Å²) >= 11 is 1.39. The van der Waals surface area contributed by atoms with Crippen LogP contribution in [0, 0.1) is 6.92 Å². The van der Waals surface area contributed by atoms with Gasteiger partial charge in [-0.3, -0.25) is 4.57 Å². The molecule has 0 aliphatic rings. The number of benzene rings is 1. The van der Waals surface area contributed by atoms with Gasteiger partial charge >= 0.3 is 6.55 Å². The monoisotopic (exact) mass is 306 g/mol. The van der Waals surface area contributed by atoms with E-state index in [2.05, 4.69) is 15.0 Å². The highest BCUT2D eigenvalue weighted by molar-refractivity contribution is 7.98. The van der Waals surface area contributed by atoms with Gasteiger partial charge in [0.1, 0.15) is 16.7 Å². The van der Waals surface area contributed by atoms with E-state index in [0.29, 0.717) is 17.4 Å². The van der Waals surface area contributed by atoms with Crippen LogP contribution in [0.15, 0.2) is 41.7 Å². The predicted octanol–water partition coefficient (Wildman–Crippen LogP) is 3.82. The van der Waals surface area contributed by atoms with Crippen LogP contribution in [0.1, 0.15) is 18.2 Å². The number of aromatic nitrogens is 4. The van der Waals surface area contributed by atoms with Gasteiger partial charge in [-0.15, -0.1) is 0 Å². The molecule has 0 saturated carbocycles. The quantitative estimate of drug-likeness (QED) is 0.543. The third-order valence-corrected chi connectivity index (χ3v) is 3.96. The van der Waals surface area contributed by atoms with Crippen molar-refractivity contribution in [3.05, 3.63) is 48.3 Å². The first-order valence-corrected chi connectivity index (χ1v) is 7.30. The Balaban J connectivity index is 1.90. The van der Waals surface area contributed by atoms with E-state index in [1.54, 1.807) is 0 Å². The third-order valence-electron chi connectivity index (χ3n) is 2.98. The summed E-state index contributed by atoms with van der Waals surface area (Å²) in [5.41, 5.74) is 0.852. The van der Waals surface area contributed by atoms with Crippen molar-refractivity contribution in [3.8, 4) is 0 Å². The Hall–Kier alpha value is -2.02. The number of rotatable bonds is 4. The molecule has 21 heavy (non-hydrogen) atoms. The number of thioether (sulfide) groups is 1. The second kappa shape index (κ2) is 5.77. The fraction of sp³-hybridized carbons (Fsp3) is 0.214. The van der Waals surface area contributed by atoms with Crippen LogP contribution in [0.25, 0.3) is 10.9 Å². The summed E-state index contributed by atoms with van der Waals surface area (Å²) in [6, 6.07) is 7.66. The Morgan fingerprint density at radius 3 is 2.86 bits per heavy atom. The summed E-state index contributed by atoms with van der Waals surface area (Å²) < 4.78 is 26.4. The van der Waals surface area contributed by atoms with Crippen LogP contribution in [0.4, 0.5) is 8.78 Å². The first-order chi connectivity index (χ1) is 10.1. The molecule has 0 saturated heterocycles. The molecule has 0 fully saturated rings. The summed E-state index contributed by atoms with van der Waals surface area (Å²) in [5, 5.41) is 1.70. The predicted molar refractivity (Wildman–Crippen MR) is 77.3 cm³/mol. The van der Waals surface area contributed by atoms with E-state index in [0.717, 1.165) is 20.5 Å². The first-order valence-electron chi connectivity index (χ1n) is 6.31. The minimum absolute atomic E-state index is 0.329. The standard InChI is InChI=1S/C14H12F2N4S/c1-9-18-11-5-3-2-4-10(11)13(19-9)21-8-12-17-6-7-20(12)14(15)16/h2-7,14H,8H2,1H3. The fourth-order valence-corrected chi connectivity index (χ4v) is 3.05. The minimum Gasteiger partial charge on any atom is -0.277 e. The molecule has 0 radical (unpaired) electrons. The number of halogens is 2. The van der Waals surface area contributed by atoms with Gasteiger partial charge in [-0.2, -0.15) is 8.78 Å². The maximum Gasteiger partial charge on any atom is 0.319 e. The van der Waals surface area contributed by atoms with E-state index < -0.39 is 6.55 Å². The SMILES string of the molecule is Cc1nc(SCc2nccn2C(F)F)c2ccccc2n1. The normalized spacial score (nSPS) is 11.4. The highest BCUT2D eigenvalue weighted by atomic mass is 32.2. The van der Waals surface area contributed by atoms with Crippen LogP contribution in [-0.4, -0.2) is 19.5 Å². The summed E-state index contributed by atoms with van der Waals surface area (Å²) in [6.45, 7) is -0.761. The van der Waals surface area contributed by atoms with Gasteiger partial charge in [0.25, 0.3) is 0 Å². The van der Waals surface area contributed by atoms with E-state index in [9.17, 15) is 8.78 Å². The lowest BCUT2D eigenvalue weighted by Gasteiger charge is -2.08. The van der Waals surface area contributed by atoms with E-state index in [4.69, 9.17) is 0 Å². The number of para-hydroxylation sites is 1. The zero-order chi connectivity index (χ0) is 14.8. The van der Waals surface area contributed by atoms with Gasteiger partial charge in [-0.1, -0.05) is 30.0 Å². The zero-order valence-corrected chi connectivity index (χ0v) is 12.0. The maximum absolute atomic E-state index is 12.8. The molecule has 4 nitrogen and oxygen atoms in total. The van der Waals surface area contributed by atoms with Crippen molar-refractivity contribution in [2.45, 2.75) is 24.3 Å². The van der Waals surface area contributed by atoms with E-state index >= 15 is 0 Å². The van der Waals surface area contributed by atoms with Gasteiger partial charge in [-0.05, 0) is 13.0 Å². The number of fused-ring (bicyclic) bond motifs is 1. The molecule has 0 aliphatic carbocycles. The molecule has 3 rings (SSSR count). The Bertz CT molecular complexity index is 773. The summed E-state index contributed by atoms with van der Waals surface area (Å²) in [4.78, 5) is 12.7. The van der Waals surface area contributed by atoms with Crippen LogP contribution < -0.4 is 0 Å². The lowest BCUT2D eigenvalue weighted by molar-refractivity contribution is 0.0678. The van der Waals surface area contributed by atoms with Gasteiger partial charge in [0.2, 0.25) is 0 Å². The zero-order valence-electron chi connectivity index (χ0n) is 11.2. The van der Waals surface area contributed by atoms with Gasteiger partial charge in [0, 0.05) is 17.8 Å². The molecule has 0 N–H and O–H groups in total. The molecule has 108 valence electrons. The average molecular weight is 306 g/mol. The molecule has 2 heterocycles. The molecule has 7 heteroatoms. The summed E-state index contributed by atoms with van der Waals surface area (Å²) in [5.74, 6) is 1.32. The first kappa shape index (κ1) is 13.9. The highest BCUT2D eigenvalue weighted by Crippen LogP contribution is 2.28. The smallest absolute Gasteiger partial charge is 0.277 e. The van der Waals surface area contributed by atoms with Gasteiger partial charge < -0.3 is 0 Å². The van der Waals surface area contributed by atoms with Crippen molar-refractivity contribution in [3.63, 3.8) is 0 Å². The number of nitrogens with zero attached hydrogens (tertiary/aromatic N) is 4. The van der Waals surface area contributed by atoms with Crippen molar-refractivity contribution in [1.29, 1.82) is 0 Å². The molecular formula is C14H12F2N4S. The van der Waals surface area contributed by atoms with Crippen molar-refractivity contribution in [2.75, 3.05) is 0 Å². The number of aryl methyl sites for hydroxylation is 1.